The van der Waals surface area contributed by atoms with Gasteiger partial charge in [0.1, 0.15) is 11.5 Å². The van der Waals surface area contributed by atoms with Gasteiger partial charge in [-0.05, 0) is 56.2 Å². The molecule has 0 bridgehead atoms. The summed E-state index contributed by atoms with van der Waals surface area (Å²) in [5, 5.41) is 5.05. The van der Waals surface area contributed by atoms with Crippen molar-refractivity contribution in [3.8, 4) is 11.5 Å². The van der Waals surface area contributed by atoms with Gasteiger partial charge in [-0.2, -0.15) is 4.98 Å². The SMILES string of the molecule is Cc1noc(C2CCCN(c3ccnc4ccc(Oc5ccccc5)cc34)C2)n1. The van der Waals surface area contributed by atoms with Crippen LogP contribution in [0.2, 0.25) is 0 Å². The number of piperidine rings is 1. The summed E-state index contributed by atoms with van der Waals surface area (Å²) in [6.45, 7) is 3.70. The standard InChI is InChI=1S/C23H22N4O2/c1-16-25-23(29-26-16)17-6-5-13-27(15-17)22-11-12-24-21-10-9-19(14-20(21)22)28-18-7-3-2-4-8-18/h2-4,7-12,14,17H,5-6,13,15H2,1H3. The molecule has 0 saturated carbocycles. The molecule has 0 aliphatic carbocycles. The molecule has 2 aromatic carbocycles. The molecule has 3 heterocycles. The molecular weight excluding hydrogens is 364 g/mol. The molecule has 146 valence electrons. The fraction of sp³-hybridized carbons (Fsp3) is 0.261. The Labute approximate surface area is 169 Å². The maximum atomic E-state index is 6.04. The number of nitrogens with zero attached hydrogens (tertiary/aromatic N) is 4. The van der Waals surface area contributed by atoms with Gasteiger partial charge in [-0.3, -0.25) is 4.98 Å². The highest BCUT2D eigenvalue weighted by Gasteiger charge is 2.26. The van der Waals surface area contributed by atoms with Crippen LogP contribution in [0.25, 0.3) is 10.9 Å². The lowest BCUT2D eigenvalue weighted by Crippen LogP contribution is -2.34. The van der Waals surface area contributed by atoms with Gasteiger partial charge in [-0.1, -0.05) is 23.4 Å². The van der Waals surface area contributed by atoms with Crippen LogP contribution < -0.4 is 9.64 Å². The van der Waals surface area contributed by atoms with Crippen molar-refractivity contribution < 1.29 is 9.26 Å². The second-order valence-electron chi connectivity index (χ2n) is 7.39. The van der Waals surface area contributed by atoms with Gasteiger partial charge in [-0.25, -0.2) is 0 Å². The minimum Gasteiger partial charge on any atom is -0.457 e. The molecule has 6 heteroatoms. The molecule has 1 saturated heterocycles. The zero-order chi connectivity index (χ0) is 19.6. The Balaban J connectivity index is 1.46. The molecule has 1 fully saturated rings. The van der Waals surface area contributed by atoms with Crippen molar-refractivity contribution in [3.05, 3.63) is 72.5 Å². The second-order valence-corrected chi connectivity index (χ2v) is 7.39. The number of aromatic nitrogens is 3. The van der Waals surface area contributed by atoms with E-state index in [1.807, 2.05) is 55.6 Å². The molecule has 1 aliphatic rings. The van der Waals surface area contributed by atoms with E-state index in [0.29, 0.717) is 5.82 Å². The minimum absolute atomic E-state index is 0.247. The number of rotatable bonds is 4. The van der Waals surface area contributed by atoms with Gasteiger partial charge in [0.15, 0.2) is 5.82 Å². The zero-order valence-corrected chi connectivity index (χ0v) is 16.3. The van der Waals surface area contributed by atoms with Crippen LogP contribution in [0.4, 0.5) is 5.69 Å². The van der Waals surface area contributed by atoms with Crippen LogP contribution in [-0.2, 0) is 0 Å². The fourth-order valence-electron chi connectivity index (χ4n) is 3.95. The van der Waals surface area contributed by atoms with E-state index in [0.717, 1.165) is 59.9 Å². The summed E-state index contributed by atoms with van der Waals surface area (Å²) in [5.74, 6) is 3.30. The lowest BCUT2D eigenvalue weighted by Gasteiger charge is -2.33. The van der Waals surface area contributed by atoms with Crippen LogP contribution in [0, 0.1) is 6.92 Å². The van der Waals surface area contributed by atoms with Gasteiger partial charge in [0.05, 0.1) is 11.4 Å². The Hall–Kier alpha value is -3.41. The van der Waals surface area contributed by atoms with Gasteiger partial charge in [0, 0.05) is 30.4 Å². The molecule has 0 spiro atoms. The van der Waals surface area contributed by atoms with E-state index in [-0.39, 0.29) is 5.92 Å². The van der Waals surface area contributed by atoms with E-state index in [1.54, 1.807) is 0 Å². The minimum atomic E-state index is 0.247. The lowest BCUT2D eigenvalue weighted by atomic mass is 9.97. The first-order valence-electron chi connectivity index (χ1n) is 9.93. The highest BCUT2D eigenvalue weighted by molar-refractivity contribution is 5.92. The summed E-state index contributed by atoms with van der Waals surface area (Å²) in [5.41, 5.74) is 2.12. The van der Waals surface area contributed by atoms with Crippen molar-refractivity contribution in [3.63, 3.8) is 0 Å². The first-order chi connectivity index (χ1) is 14.3. The largest absolute Gasteiger partial charge is 0.457 e. The average molecular weight is 386 g/mol. The van der Waals surface area contributed by atoms with Crippen molar-refractivity contribution in [2.75, 3.05) is 18.0 Å². The first-order valence-corrected chi connectivity index (χ1v) is 9.93. The lowest BCUT2D eigenvalue weighted by molar-refractivity contribution is 0.331. The molecule has 1 atom stereocenters. The van der Waals surface area contributed by atoms with E-state index in [4.69, 9.17) is 9.26 Å². The van der Waals surface area contributed by atoms with Crippen molar-refractivity contribution in [1.29, 1.82) is 0 Å². The normalized spacial score (nSPS) is 16.9. The van der Waals surface area contributed by atoms with Gasteiger partial charge in [0.2, 0.25) is 5.89 Å². The molecule has 5 rings (SSSR count). The van der Waals surface area contributed by atoms with E-state index >= 15 is 0 Å². The Morgan fingerprint density at radius 1 is 1.07 bits per heavy atom. The predicted octanol–water partition coefficient (Wildman–Crippen LogP) is 5.10. The predicted molar refractivity (Wildman–Crippen MR) is 111 cm³/mol. The third kappa shape index (κ3) is 3.66. The van der Waals surface area contributed by atoms with Crippen molar-refractivity contribution in [2.24, 2.45) is 0 Å². The number of hydrogen-bond acceptors (Lipinski definition) is 6. The van der Waals surface area contributed by atoms with Crippen LogP contribution in [0.5, 0.6) is 11.5 Å². The third-order valence-corrected chi connectivity index (χ3v) is 5.32. The summed E-state index contributed by atoms with van der Waals surface area (Å²) in [6, 6.07) is 18.0. The summed E-state index contributed by atoms with van der Waals surface area (Å²) in [7, 11) is 0. The van der Waals surface area contributed by atoms with Crippen LogP contribution in [0.1, 0.15) is 30.5 Å². The monoisotopic (exact) mass is 386 g/mol. The van der Waals surface area contributed by atoms with E-state index in [2.05, 4.69) is 32.2 Å². The number of pyridine rings is 1. The van der Waals surface area contributed by atoms with E-state index in [9.17, 15) is 0 Å². The Morgan fingerprint density at radius 2 is 1.97 bits per heavy atom. The van der Waals surface area contributed by atoms with Crippen molar-refractivity contribution >= 4 is 16.6 Å². The Bertz CT molecular complexity index is 1130. The maximum Gasteiger partial charge on any atom is 0.231 e. The van der Waals surface area contributed by atoms with E-state index < -0.39 is 0 Å². The molecule has 1 aliphatic heterocycles. The molecule has 4 aromatic rings. The van der Waals surface area contributed by atoms with Gasteiger partial charge in [-0.15, -0.1) is 0 Å². The van der Waals surface area contributed by atoms with Crippen LogP contribution >= 0.6 is 0 Å². The number of benzene rings is 2. The molecule has 0 radical (unpaired) electrons. The molecule has 6 nitrogen and oxygen atoms in total. The summed E-state index contributed by atoms with van der Waals surface area (Å²) in [6.07, 6.45) is 4.01. The number of aryl methyl sites for hydroxylation is 1. The van der Waals surface area contributed by atoms with Crippen LogP contribution in [0.3, 0.4) is 0 Å². The molecule has 0 N–H and O–H groups in total. The number of ether oxygens (including phenoxy) is 1. The van der Waals surface area contributed by atoms with Gasteiger partial charge in [0.25, 0.3) is 0 Å². The number of hydrogen-bond donors (Lipinski definition) is 0. The summed E-state index contributed by atoms with van der Waals surface area (Å²) in [4.78, 5) is 11.4. The summed E-state index contributed by atoms with van der Waals surface area (Å²) >= 11 is 0. The smallest absolute Gasteiger partial charge is 0.231 e. The van der Waals surface area contributed by atoms with Gasteiger partial charge < -0.3 is 14.2 Å². The van der Waals surface area contributed by atoms with Crippen LogP contribution in [-0.4, -0.2) is 28.2 Å². The van der Waals surface area contributed by atoms with Crippen molar-refractivity contribution in [2.45, 2.75) is 25.7 Å². The summed E-state index contributed by atoms with van der Waals surface area (Å²) < 4.78 is 11.5. The third-order valence-electron chi connectivity index (χ3n) is 5.32. The topological polar surface area (TPSA) is 64.3 Å². The highest BCUT2D eigenvalue weighted by Crippen LogP contribution is 2.35. The second kappa shape index (κ2) is 7.54. The molecular formula is C23H22N4O2. The number of para-hydroxylation sites is 1. The Kier molecular flexibility index (Phi) is 4.60. The van der Waals surface area contributed by atoms with E-state index in [1.165, 1.54) is 0 Å². The molecule has 1 unspecified atom stereocenters. The number of anilines is 1. The number of fused-ring (bicyclic) bond motifs is 1. The average Bonchev–Trinajstić information content (AvgIpc) is 3.20. The highest BCUT2D eigenvalue weighted by atomic mass is 16.5. The van der Waals surface area contributed by atoms with Gasteiger partial charge >= 0.3 is 0 Å². The first kappa shape index (κ1) is 17.7. The Morgan fingerprint density at radius 3 is 2.79 bits per heavy atom. The van der Waals surface area contributed by atoms with Crippen LogP contribution in [0.15, 0.2) is 65.3 Å². The molecule has 29 heavy (non-hydrogen) atoms. The maximum absolute atomic E-state index is 6.04. The zero-order valence-electron chi connectivity index (χ0n) is 16.3. The molecule has 2 aromatic heterocycles. The quantitative estimate of drug-likeness (QED) is 0.486. The van der Waals surface area contributed by atoms with Crippen molar-refractivity contribution in [1.82, 2.24) is 15.1 Å². The fourth-order valence-corrected chi connectivity index (χ4v) is 3.95. The molecule has 0 amide bonds.